The zero-order chi connectivity index (χ0) is 26.8. The number of carbonyl (C=O) groups is 1. The van der Waals surface area contributed by atoms with E-state index in [-0.39, 0.29) is 0 Å². The van der Waals surface area contributed by atoms with Crippen molar-refractivity contribution in [2.24, 2.45) is 0 Å². The number of carboxylic acid groups (broad SMARTS) is 1. The molecule has 0 aliphatic rings. The number of hydrogen-bond acceptors (Lipinski definition) is 5. The maximum absolute atomic E-state index is 11.3. The van der Waals surface area contributed by atoms with Crippen LogP contribution in [0.3, 0.4) is 0 Å². The predicted octanol–water partition coefficient (Wildman–Crippen LogP) is 5.01. The van der Waals surface area contributed by atoms with Crippen molar-refractivity contribution < 1.29 is 9.90 Å². The number of nitrogens with zero attached hydrogens (tertiary/aromatic N) is 5. The van der Waals surface area contributed by atoms with Gasteiger partial charge in [-0.15, -0.1) is 0 Å². The molecule has 0 atom stereocenters. The fourth-order valence-electron chi connectivity index (χ4n) is 4.51. The molecule has 0 saturated heterocycles. The highest BCUT2D eigenvalue weighted by atomic mass is 16.4. The van der Waals surface area contributed by atoms with E-state index >= 15 is 0 Å². The number of anilines is 1. The third-order valence-corrected chi connectivity index (χ3v) is 6.52. The zero-order valence-corrected chi connectivity index (χ0v) is 21.7. The van der Waals surface area contributed by atoms with Gasteiger partial charge in [-0.1, -0.05) is 36.4 Å². The number of nitrogens with one attached hydrogen (secondary N) is 1. The van der Waals surface area contributed by atoms with Gasteiger partial charge in [-0.3, -0.25) is 4.68 Å². The summed E-state index contributed by atoms with van der Waals surface area (Å²) < 4.78 is 1.80. The summed E-state index contributed by atoms with van der Waals surface area (Å²) in [5.41, 5.74) is 14.4. The van der Waals surface area contributed by atoms with Crippen molar-refractivity contribution in [1.82, 2.24) is 29.5 Å². The molecule has 1 amide bonds. The first-order valence-electron chi connectivity index (χ1n) is 12.4. The number of aromatic nitrogens is 4. The molecule has 38 heavy (non-hydrogen) atoms. The van der Waals surface area contributed by atoms with Crippen molar-refractivity contribution in [3.05, 3.63) is 78.6 Å². The van der Waals surface area contributed by atoms with Gasteiger partial charge >= 0.3 is 6.09 Å². The third kappa shape index (κ3) is 5.23. The first-order chi connectivity index (χ1) is 18.3. The van der Waals surface area contributed by atoms with Gasteiger partial charge in [0.15, 0.2) is 0 Å². The fraction of sp³-hybridized carbons (Fsp3) is 0.207. The third-order valence-electron chi connectivity index (χ3n) is 6.52. The number of rotatable bonds is 8. The molecule has 0 aliphatic carbocycles. The first-order valence-corrected chi connectivity index (χ1v) is 12.4. The van der Waals surface area contributed by atoms with Crippen LogP contribution in [0.25, 0.3) is 44.7 Å². The Balaban J connectivity index is 1.56. The first kappa shape index (κ1) is 25.0. The molecule has 5 rings (SSSR count). The maximum atomic E-state index is 11.3. The Bertz CT molecular complexity index is 1570. The number of fused-ring (bicyclic) bond motifs is 1. The molecule has 4 N–H and O–H groups in total. The molecule has 3 heterocycles. The topological polar surface area (TPSA) is 116 Å². The van der Waals surface area contributed by atoms with Crippen molar-refractivity contribution in [3.8, 4) is 33.6 Å². The van der Waals surface area contributed by atoms with E-state index in [9.17, 15) is 9.90 Å². The number of likely N-dealkylation sites (N-methyl/N-ethyl adjacent to an activating group) is 1. The van der Waals surface area contributed by atoms with Crippen LogP contribution in [0.15, 0.2) is 73.1 Å². The Hall–Kier alpha value is -4.63. The number of nitrogen functional groups attached to an aromatic ring is 1. The SMILES string of the molecule is CN(C)Cc1ccc(-c2cc3c(-c4cn(CCN(C)C(=O)O)nc4-c4ccc(N)cc4)ccnc3[nH]2)cc1. The second kappa shape index (κ2) is 10.4. The van der Waals surface area contributed by atoms with Gasteiger partial charge in [-0.2, -0.15) is 5.10 Å². The van der Waals surface area contributed by atoms with Crippen LogP contribution in [0.1, 0.15) is 5.56 Å². The number of amides is 1. The van der Waals surface area contributed by atoms with Crippen molar-refractivity contribution in [2.45, 2.75) is 13.1 Å². The summed E-state index contributed by atoms with van der Waals surface area (Å²) in [5.74, 6) is 0. The summed E-state index contributed by atoms with van der Waals surface area (Å²) in [4.78, 5) is 22.7. The average Bonchev–Trinajstić information content (AvgIpc) is 3.52. The van der Waals surface area contributed by atoms with Gasteiger partial charge in [0.05, 0.1) is 6.54 Å². The number of H-pyrrole nitrogens is 1. The average molecular weight is 510 g/mol. The molecule has 2 aromatic carbocycles. The van der Waals surface area contributed by atoms with E-state index in [0.717, 1.165) is 51.2 Å². The highest BCUT2D eigenvalue weighted by molar-refractivity contribution is 5.99. The van der Waals surface area contributed by atoms with Crippen molar-refractivity contribution in [1.29, 1.82) is 0 Å². The van der Waals surface area contributed by atoms with Crippen LogP contribution in [0.5, 0.6) is 0 Å². The van der Waals surface area contributed by atoms with Crippen molar-refractivity contribution >= 4 is 22.8 Å². The second-order valence-corrected chi connectivity index (χ2v) is 9.72. The lowest BCUT2D eigenvalue weighted by Gasteiger charge is -2.12. The molecule has 0 radical (unpaired) electrons. The summed E-state index contributed by atoms with van der Waals surface area (Å²) in [7, 11) is 5.67. The number of hydrogen-bond donors (Lipinski definition) is 3. The largest absolute Gasteiger partial charge is 0.465 e. The molecule has 9 heteroatoms. The number of benzene rings is 2. The van der Waals surface area contributed by atoms with Crippen LogP contribution >= 0.6 is 0 Å². The Morgan fingerprint density at radius 1 is 1.00 bits per heavy atom. The Morgan fingerprint density at radius 2 is 1.71 bits per heavy atom. The minimum Gasteiger partial charge on any atom is -0.465 e. The summed E-state index contributed by atoms with van der Waals surface area (Å²) in [6.45, 7) is 1.64. The smallest absolute Gasteiger partial charge is 0.407 e. The normalized spacial score (nSPS) is 11.4. The summed E-state index contributed by atoms with van der Waals surface area (Å²) in [6, 6.07) is 20.3. The molecule has 0 aliphatic heterocycles. The second-order valence-electron chi connectivity index (χ2n) is 9.72. The molecule has 3 aromatic heterocycles. The van der Waals surface area contributed by atoms with Gasteiger partial charge in [0.2, 0.25) is 0 Å². The Morgan fingerprint density at radius 3 is 2.39 bits per heavy atom. The summed E-state index contributed by atoms with van der Waals surface area (Å²) in [5, 5.41) is 15.1. The quantitative estimate of drug-likeness (QED) is 0.253. The minimum absolute atomic E-state index is 0.321. The molecule has 5 aromatic rings. The standard InChI is InChI=1S/C29H31N7O2/c1-34(2)17-19-4-6-20(7-5-19)26-16-24-23(12-13-31-28(24)32-26)25-18-36(15-14-35(3)29(37)38)33-27(25)21-8-10-22(30)11-9-21/h4-13,16,18H,14-15,17,30H2,1-3H3,(H,31,32)(H,37,38). The van der Waals surface area contributed by atoms with Crippen molar-refractivity contribution in [2.75, 3.05) is 33.4 Å². The van der Waals surface area contributed by atoms with E-state index in [0.29, 0.717) is 18.8 Å². The van der Waals surface area contributed by atoms with Crippen molar-refractivity contribution in [3.63, 3.8) is 0 Å². The number of pyridine rings is 1. The van der Waals surface area contributed by atoms with Crippen LogP contribution in [0, 0.1) is 0 Å². The highest BCUT2D eigenvalue weighted by Gasteiger charge is 2.18. The van der Waals surface area contributed by atoms with Gasteiger partial charge in [-0.25, -0.2) is 9.78 Å². The maximum Gasteiger partial charge on any atom is 0.407 e. The van der Waals surface area contributed by atoms with Crippen LogP contribution < -0.4 is 5.73 Å². The van der Waals surface area contributed by atoms with E-state index < -0.39 is 6.09 Å². The molecular formula is C29H31N7O2. The van der Waals surface area contributed by atoms with Crippen LogP contribution in [-0.2, 0) is 13.1 Å². The predicted molar refractivity (Wildman–Crippen MR) is 151 cm³/mol. The lowest BCUT2D eigenvalue weighted by Crippen LogP contribution is -2.28. The lowest BCUT2D eigenvalue weighted by atomic mass is 10.00. The van der Waals surface area contributed by atoms with Crippen LogP contribution in [0.2, 0.25) is 0 Å². The molecule has 0 bridgehead atoms. The molecule has 0 fully saturated rings. The summed E-state index contributed by atoms with van der Waals surface area (Å²) in [6.07, 6.45) is 2.79. The number of nitrogens with two attached hydrogens (primary N) is 1. The van der Waals surface area contributed by atoms with Gasteiger partial charge in [-0.05, 0) is 55.1 Å². The Kier molecular flexibility index (Phi) is 6.85. The lowest BCUT2D eigenvalue weighted by molar-refractivity contribution is 0.154. The van der Waals surface area contributed by atoms with Gasteiger partial charge in [0.1, 0.15) is 11.3 Å². The molecule has 0 saturated carbocycles. The number of aromatic amines is 1. The minimum atomic E-state index is -0.971. The fourth-order valence-corrected chi connectivity index (χ4v) is 4.51. The van der Waals surface area contributed by atoms with E-state index in [2.05, 4.69) is 59.3 Å². The molecule has 9 nitrogen and oxygen atoms in total. The molecule has 0 unspecified atom stereocenters. The molecule has 194 valence electrons. The van der Waals surface area contributed by atoms with Crippen LogP contribution in [0.4, 0.5) is 10.5 Å². The van der Waals surface area contributed by atoms with E-state index in [4.69, 9.17) is 10.8 Å². The summed E-state index contributed by atoms with van der Waals surface area (Å²) >= 11 is 0. The van der Waals surface area contributed by atoms with E-state index in [1.165, 1.54) is 10.5 Å². The van der Waals surface area contributed by atoms with Gasteiger partial charge in [0, 0.05) is 60.4 Å². The van der Waals surface area contributed by atoms with Gasteiger partial charge < -0.3 is 25.6 Å². The van der Waals surface area contributed by atoms with E-state index in [1.807, 2.05) is 36.5 Å². The van der Waals surface area contributed by atoms with Gasteiger partial charge in [0.25, 0.3) is 0 Å². The Labute approximate surface area is 221 Å². The monoisotopic (exact) mass is 509 g/mol. The molecule has 0 spiro atoms. The highest BCUT2D eigenvalue weighted by Crippen LogP contribution is 2.37. The van der Waals surface area contributed by atoms with E-state index in [1.54, 1.807) is 17.9 Å². The zero-order valence-electron chi connectivity index (χ0n) is 21.7. The van der Waals surface area contributed by atoms with Crippen LogP contribution in [-0.4, -0.2) is 68.4 Å². The molecular weight excluding hydrogens is 478 g/mol.